The van der Waals surface area contributed by atoms with Crippen molar-refractivity contribution in [2.45, 2.75) is 79.1 Å². The normalized spacial score (nSPS) is 21.5. The Bertz CT molecular complexity index is 730. The predicted octanol–water partition coefficient (Wildman–Crippen LogP) is 6.36. The number of hydrogen-bond acceptors (Lipinski definition) is 1. The van der Waals surface area contributed by atoms with E-state index in [4.69, 9.17) is 5.11 Å². The highest BCUT2D eigenvalue weighted by molar-refractivity contribution is 5.81. The number of allylic oxidation sites excluding steroid dienone is 7. The van der Waals surface area contributed by atoms with Crippen molar-refractivity contribution in [1.82, 2.24) is 0 Å². The molecule has 0 saturated carbocycles. The van der Waals surface area contributed by atoms with Crippen LogP contribution in [0.3, 0.4) is 0 Å². The molecule has 2 aliphatic carbocycles. The molecule has 0 aromatic heterocycles. The molecule has 0 heterocycles. The van der Waals surface area contributed by atoms with Gasteiger partial charge in [-0.2, -0.15) is 0 Å². The molecule has 0 radical (unpaired) electrons. The lowest BCUT2D eigenvalue weighted by molar-refractivity contribution is -0.131. The third kappa shape index (κ3) is 5.77. The first-order chi connectivity index (χ1) is 12.3. The van der Waals surface area contributed by atoms with Gasteiger partial charge in [-0.15, -0.1) is 0 Å². The quantitative estimate of drug-likeness (QED) is 0.364. The van der Waals surface area contributed by atoms with E-state index < -0.39 is 5.97 Å². The lowest BCUT2D eigenvalue weighted by atomic mass is 9.73. The Labute approximate surface area is 158 Å². The summed E-state index contributed by atoms with van der Waals surface area (Å²) in [5.41, 5.74) is 6.22. The lowest BCUT2D eigenvalue weighted by Gasteiger charge is -2.31. The molecule has 0 atom stereocenters. The number of aliphatic carboxylic acids is 1. The Balaban J connectivity index is 2.35. The monoisotopic (exact) mass is 352 g/mol. The molecular weight excluding hydrogens is 320 g/mol. The van der Waals surface area contributed by atoms with E-state index in [0.717, 1.165) is 18.4 Å². The van der Waals surface area contributed by atoms with Crippen LogP contribution < -0.4 is 0 Å². The van der Waals surface area contributed by atoms with Crippen LogP contribution in [0, 0.1) is 17.3 Å². The fourth-order valence-electron chi connectivity index (χ4n) is 3.94. The molecule has 2 aliphatic rings. The number of rotatable bonds is 3. The summed E-state index contributed by atoms with van der Waals surface area (Å²) in [6.07, 6.45) is 14.5. The maximum Gasteiger partial charge on any atom is 0.328 e. The zero-order valence-electron chi connectivity index (χ0n) is 16.7. The second kappa shape index (κ2) is 9.08. The summed E-state index contributed by atoms with van der Waals surface area (Å²) in [6, 6.07) is 0. The molecular formula is C24H32O2. The lowest BCUT2D eigenvalue weighted by Crippen LogP contribution is -2.19. The molecule has 0 fully saturated rings. The van der Waals surface area contributed by atoms with E-state index in [2.05, 4.69) is 38.7 Å². The smallest absolute Gasteiger partial charge is 0.328 e. The topological polar surface area (TPSA) is 37.3 Å². The van der Waals surface area contributed by atoms with Gasteiger partial charge in [0, 0.05) is 17.2 Å². The molecule has 2 rings (SSSR count). The molecule has 26 heavy (non-hydrogen) atoms. The number of carboxylic acid groups (broad SMARTS) is 1. The van der Waals surface area contributed by atoms with Gasteiger partial charge in [-0.1, -0.05) is 49.8 Å². The fourth-order valence-corrected chi connectivity index (χ4v) is 3.94. The maximum atomic E-state index is 10.8. The second-order valence-corrected chi connectivity index (χ2v) is 8.27. The van der Waals surface area contributed by atoms with Crippen molar-refractivity contribution < 1.29 is 9.90 Å². The van der Waals surface area contributed by atoms with Crippen LogP contribution in [-0.4, -0.2) is 11.1 Å². The van der Waals surface area contributed by atoms with E-state index in [-0.39, 0.29) is 5.41 Å². The molecule has 2 heteroatoms. The van der Waals surface area contributed by atoms with Gasteiger partial charge in [0.25, 0.3) is 0 Å². The molecule has 1 N–H and O–H groups in total. The molecule has 0 aromatic rings. The Hall–Kier alpha value is -2.01. The van der Waals surface area contributed by atoms with Crippen molar-refractivity contribution in [3.05, 3.63) is 46.1 Å². The van der Waals surface area contributed by atoms with Gasteiger partial charge >= 0.3 is 5.97 Å². The van der Waals surface area contributed by atoms with Crippen molar-refractivity contribution in [1.29, 1.82) is 0 Å². The summed E-state index contributed by atoms with van der Waals surface area (Å²) in [7, 11) is 0. The van der Waals surface area contributed by atoms with E-state index in [1.807, 2.05) is 13.0 Å². The summed E-state index contributed by atoms with van der Waals surface area (Å²) in [5, 5.41) is 8.87. The van der Waals surface area contributed by atoms with E-state index in [9.17, 15) is 4.79 Å². The molecule has 2 nitrogen and oxygen atoms in total. The Morgan fingerprint density at radius 1 is 1.08 bits per heavy atom. The fraction of sp³-hybridized carbons (Fsp3) is 0.542. The zero-order valence-corrected chi connectivity index (χ0v) is 16.7. The molecule has 140 valence electrons. The van der Waals surface area contributed by atoms with Crippen LogP contribution in [-0.2, 0) is 4.79 Å². The summed E-state index contributed by atoms with van der Waals surface area (Å²) < 4.78 is 0. The Morgan fingerprint density at radius 2 is 1.81 bits per heavy atom. The number of hydrogen-bond donors (Lipinski definition) is 1. The summed E-state index contributed by atoms with van der Waals surface area (Å²) in [5.74, 6) is 6.16. The minimum Gasteiger partial charge on any atom is -0.478 e. The molecule has 0 amide bonds. The highest BCUT2D eigenvalue weighted by atomic mass is 16.4. The van der Waals surface area contributed by atoms with Crippen LogP contribution >= 0.6 is 0 Å². The van der Waals surface area contributed by atoms with Gasteiger partial charge in [0.1, 0.15) is 0 Å². The van der Waals surface area contributed by atoms with Gasteiger partial charge in [0.05, 0.1) is 0 Å². The summed E-state index contributed by atoms with van der Waals surface area (Å²) in [4.78, 5) is 10.8. The van der Waals surface area contributed by atoms with Crippen LogP contribution in [0.25, 0.3) is 0 Å². The summed E-state index contributed by atoms with van der Waals surface area (Å²) >= 11 is 0. The van der Waals surface area contributed by atoms with E-state index in [1.165, 1.54) is 66.9 Å². The van der Waals surface area contributed by atoms with Gasteiger partial charge in [0.15, 0.2) is 0 Å². The van der Waals surface area contributed by atoms with Crippen molar-refractivity contribution in [3.8, 4) is 11.8 Å². The van der Waals surface area contributed by atoms with E-state index in [1.54, 1.807) is 0 Å². The van der Waals surface area contributed by atoms with Crippen LogP contribution in [0.1, 0.15) is 79.1 Å². The van der Waals surface area contributed by atoms with Crippen molar-refractivity contribution in [2.75, 3.05) is 0 Å². The van der Waals surface area contributed by atoms with Crippen LogP contribution in [0.4, 0.5) is 0 Å². The summed E-state index contributed by atoms with van der Waals surface area (Å²) in [6.45, 7) is 8.67. The first-order valence-corrected chi connectivity index (χ1v) is 9.83. The average molecular weight is 353 g/mol. The minimum absolute atomic E-state index is 0.178. The molecule has 0 aromatic carbocycles. The van der Waals surface area contributed by atoms with Crippen LogP contribution in [0.5, 0.6) is 0 Å². The van der Waals surface area contributed by atoms with Crippen LogP contribution in [0.2, 0.25) is 0 Å². The van der Waals surface area contributed by atoms with Gasteiger partial charge in [-0.25, -0.2) is 4.79 Å². The SMILES string of the molecule is CC1=C(C#CC2=C(/C=C/C(C)=C/C(=O)O)CCCCC2)C(C)(C)CCC1. The van der Waals surface area contributed by atoms with Gasteiger partial charge < -0.3 is 5.11 Å². The van der Waals surface area contributed by atoms with Gasteiger partial charge in [0.2, 0.25) is 0 Å². The second-order valence-electron chi connectivity index (χ2n) is 8.27. The molecule has 0 spiro atoms. The Kier molecular flexibility index (Phi) is 7.09. The largest absolute Gasteiger partial charge is 0.478 e. The van der Waals surface area contributed by atoms with Gasteiger partial charge in [-0.05, 0) is 75.4 Å². The average Bonchev–Trinajstić information content (AvgIpc) is 2.76. The van der Waals surface area contributed by atoms with Crippen molar-refractivity contribution in [3.63, 3.8) is 0 Å². The first-order valence-electron chi connectivity index (χ1n) is 9.83. The third-order valence-corrected chi connectivity index (χ3v) is 5.45. The maximum absolute atomic E-state index is 10.8. The predicted molar refractivity (Wildman–Crippen MR) is 109 cm³/mol. The third-order valence-electron chi connectivity index (χ3n) is 5.45. The molecule has 0 unspecified atom stereocenters. The van der Waals surface area contributed by atoms with Crippen molar-refractivity contribution in [2.24, 2.45) is 5.41 Å². The molecule has 0 bridgehead atoms. The Morgan fingerprint density at radius 3 is 2.50 bits per heavy atom. The van der Waals surface area contributed by atoms with E-state index >= 15 is 0 Å². The molecule has 0 aliphatic heterocycles. The van der Waals surface area contributed by atoms with E-state index in [0.29, 0.717) is 0 Å². The highest BCUT2D eigenvalue weighted by Crippen LogP contribution is 2.39. The standard InChI is InChI=1S/C24H32O2/c1-18(17-23(25)26)12-13-20-10-6-5-7-11-21(20)14-15-22-19(2)9-8-16-24(22,3)4/h12-13,17H,5-11,16H2,1-4H3,(H,25,26)/b13-12+,18-17+. The first kappa shape index (κ1) is 20.3. The number of carboxylic acids is 1. The van der Waals surface area contributed by atoms with Crippen molar-refractivity contribution >= 4 is 5.97 Å². The van der Waals surface area contributed by atoms with Gasteiger partial charge in [-0.3, -0.25) is 0 Å². The highest BCUT2D eigenvalue weighted by Gasteiger charge is 2.27. The number of carbonyl (C=O) groups is 1. The minimum atomic E-state index is -0.899. The molecule has 0 saturated heterocycles. The zero-order chi connectivity index (χ0) is 19.2. The van der Waals surface area contributed by atoms with Crippen LogP contribution in [0.15, 0.2) is 46.1 Å².